The molecule has 6 heteroatoms. The number of sulfonamides is 1. The van der Waals surface area contributed by atoms with Crippen molar-refractivity contribution in [2.45, 2.75) is 32.1 Å². The highest BCUT2D eigenvalue weighted by molar-refractivity contribution is 7.92. The van der Waals surface area contributed by atoms with Gasteiger partial charge in [0.2, 0.25) is 15.9 Å². The smallest absolute Gasteiger partial charge is 0.229 e. The van der Waals surface area contributed by atoms with E-state index >= 15 is 0 Å². The maximum Gasteiger partial charge on any atom is 0.229 e. The maximum atomic E-state index is 12.1. The molecule has 1 aliphatic rings. The fraction of sp³-hybridized carbons (Fsp3) is 0.500. The molecule has 2 N–H and O–H groups in total. The number of carbonyl (C=O) groups is 1. The summed E-state index contributed by atoms with van der Waals surface area (Å²) in [5, 5.41) is 2.89. The Morgan fingerprint density at radius 1 is 1.05 bits per heavy atom. The second-order valence-electron chi connectivity index (χ2n) is 5.28. The Bertz CT molecular complexity index is 561. The van der Waals surface area contributed by atoms with E-state index in [-0.39, 0.29) is 11.8 Å². The van der Waals surface area contributed by atoms with Gasteiger partial charge in [-0.3, -0.25) is 9.52 Å². The minimum atomic E-state index is -3.27. The lowest BCUT2D eigenvalue weighted by Crippen LogP contribution is -2.24. The van der Waals surface area contributed by atoms with Gasteiger partial charge in [-0.1, -0.05) is 19.3 Å². The van der Waals surface area contributed by atoms with Gasteiger partial charge in [0.05, 0.1) is 6.26 Å². The average molecular weight is 296 g/mol. The number of amides is 1. The van der Waals surface area contributed by atoms with Gasteiger partial charge in [0.15, 0.2) is 0 Å². The van der Waals surface area contributed by atoms with Crippen LogP contribution >= 0.6 is 0 Å². The second kappa shape index (κ2) is 6.26. The molecule has 1 aromatic carbocycles. The van der Waals surface area contributed by atoms with Crippen LogP contribution in [0, 0.1) is 5.92 Å². The molecule has 1 fully saturated rings. The van der Waals surface area contributed by atoms with Crippen LogP contribution < -0.4 is 10.0 Å². The van der Waals surface area contributed by atoms with Crippen molar-refractivity contribution in [3.63, 3.8) is 0 Å². The third kappa shape index (κ3) is 4.52. The molecule has 1 saturated carbocycles. The monoisotopic (exact) mass is 296 g/mol. The first-order chi connectivity index (χ1) is 9.44. The zero-order chi connectivity index (χ0) is 14.6. The fourth-order valence-electron chi connectivity index (χ4n) is 2.44. The van der Waals surface area contributed by atoms with Crippen LogP contribution in [0.25, 0.3) is 0 Å². The normalized spacial score (nSPS) is 16.6. The lowest BCUT2D eigenvalue weighted by molar-refractivity contribution is -0.120. The molecule has 110 valence electrons. The Labute approximate surface area is 119 Å². The molecule has 1 amide bonds. The lowest BCUT2D eigenvalue weighted by atomic mass is 9.88. The predicted octanol–water partition coefficient (Wildman–Crippen LogP) is 2.58. The van der Waals surface area contributed by atoms with Crippen LogP contribution in [0.2, 0.25) is 0 Å². The molecule has 0 bridgehead atoms. The average Bonchev–Trinajstić information content (AvgIpc) is 2.40. The van der Waals surface area contributed by atoms with Gasteiger partial charge in [-0.2, -0.15) is 0 Å². The van der Waals surface area contributed by atoms with Crippen LogP contribution in [0.15, 0.2) is 24.3 Å². The standard InChI is InChI=1S/C14H20N2O3S/c1-20(18,19)16-13-9-7-12(8-10-13)15-14(17)11-5-3-2-4-6-11/h7-11,16H,2-6H2,1H3,(H,15,17). The fourth-order valence-corrected chi connectivity index (χ4v) is 3.01. The molecule has 0 saturated heterocycles. The first kappa shape index (κ1) is 14.8. The Balaban J connectivity index is 1.94. The summed E-state index contributed by atoms with van der Waals surface area (Å²) < 4.78 is 24.6. The van der Waals surface area contributed by atoms with E-state index in [9.17, 15) is 13.2 Å². The zero-order valence-electron chi connectivity index (χ0n) is 11.6. The molecular formula is C14H20N2O3S. The summed E-state index contributed by atoms with van der Waals surface area (Å²) in [6, 6.07) is 6.68. The molecule has 0 aromatic heterocycles. The van der Waals surface area contributed by atoms with Crippen molar-refractivity contribution in [2.75, 3.05) is 16.3 Å². The Hall–Kier alpha value is -1.56. The van der Waals surface area contributed by atoms with E-state index in [4.69, 9.17) is 0 Å². The van der Waals surface area contributed by atoms with Crippen LogP contribution in [0.5, 0.6) is 0 Å². The van der Waals surface area contributed by atoms with Crippen molar-refractivity contribution in [1.82, 2.24) is 0 Å². The molecule has 0 heterocycles. The number of anilines is 2. The van der Waals surface area contributed by atoms with Crippen molar-refractivity contribution in [3.05, 3.63) is 24.3 Å². The summed E-state index contributed by atoms with van der Waals surface area (Å²) in [7, 11) is -3.27. The van der Waals surface area contributed by atoms with Gasteiger partial charge in [-0.15, -0.1) is 0 Å². The molecule has 2 rings (SSSR count). The largest absolute Gasteiger partial charge is 0.326 e. The van der Waals surface area contributed by atoms with Gasteiger partial charge < -0.3 is 5.32 Å². The summed E-state index contributed by atoms with van der Waals surface area (Å²) in [4.78, 5) is 12.1. The SMILES string of the molecule is CS(=O)(=O)Nc1ccc(NC(=O)C2CCCCC2)cc1. The molecule has 20 heavy (non-hydrogen) atoms. The summed E-state index contributed by atoms with van der Waals surface area (Å²) in [5.74, 6) is 0.172. The number of benzene rings is 1. The minimum absolute atomic E-state index is 0.0634. The second-order valence-corrected chi connectivity index (χ2v) is 7.02. The van der Waals surface area contributed by atoms with Crippen molar-refractivity contribution in [2.24, 2.45) is 5.92 Å². The van der Waals surface area contributed by atoms with Crippen molar-refractivity contribution >= 4 is 27.3 Å². The highest BCUT2D eigenvalue weighted by Crippen LogP contribution is 2.25. The van der Waals surface area contributed by atoms with E-state index in [1.807, 2.05) is 0 Å². The number of hydrogen-bond donors (Lipinski definition) is 2. The highest BCUT2D eigenvalue weighted by atomic mass is 32.2. The predicted molar refractivity (Wildman–Crippen MR) is 80.1 cm³/mol. The molecule has 0 radical (unpaired) electrons. The molecule has 0 atom stereocenters. The van der Waals surface area contributed by atoms with E-state index in [0.29, 0.717) is 11.4 Å². The lowest BCUT2D eigenvalue weighted by Gasteiger charge is -2.20. The van der Waals surface area contributed by atoms with Gasteiger partial charge in [-0.25, -0.2) is 8.42 Å². The van der Waals surface area contributed by atoms with Crippen LogP contribution in [-0.2, 0) is 14.8 Å². The molecule has 1 aliphatic carbocycles. The van der Waals surface area contributed by atoms with Gasteiger partial charge >= 0.3 is 0 Å². The third-order valence-corrected chi connectivity index (χ3v) is 4.04. The highest BCUT2D eigenvalue weighted by Gasteiger charge is 2.20. The first-order valence-corrected chi connectivity index (χ1v) is 8.72. The van der Waals surface area contributed by atoms with E-state index < -0.39 is 10.0 Å². The van der Waals surface area contributed by atoms with Gasteiger partial charge in [0.25, 0.3) is 0 Å². The molecule has 1 aromatic rings. The summed E-state index contributed by atoms with van der Waals surface area (Å²) in [6.07, 6.45) is 6.48. The third-order valence-electron chi connectivity index (χ3n) is 3.43. The first-order valence-electron chi connectivity index (χ1n) is 6.83. The number of carbonyl (C=O) groups excluding carboxylic acids is 1. The van der Waals surface area contributed by atoms with Crippen LogP contribution in [0.3, 0.4) is 0 Å². The Morgan fingerprint density at radius 3 is 2.15 bits per heavy atom. The quantitative estimate of drug-likeness (QED) is 0.896. The van der Waals surface area contributed by atoms with Crippen LogP contribution in [0.1, 0.15) is 32.1 Å². The van der Waals surface area contributed by atoms with Gasteiger partial charge in [0, 0.05) is 17.3 Å². The summed E-state index contributed by atoms with van der Waals surface area (Å²) >= 11 is 0. The molecule has 0 unspecified atom stereocenters. The van der Waals surface area contributed by atoms with E-state index in [2.05, 4.69) is 10.0 Å². The summed E-state index contributed by atoms with van der Waals surface area (Å²) in [5.41, 5.74) is 1.18. The van der Waals surface area contributed by atoms with Crippen LogP contribution in [-0.4, -0.2) is 20.6 Å². The molecule has 0 spiro atoms. The van der Waals surface area contributed by atoms with E-state index in [1.54, 1.807) is 24.3 Å². The molecule has 0 aliphatic heterocycles. The number of hydrogen-bond acceptors (Lipinski definition) is 3. The van der Waals surface area contributed by atoms with Crippen molar-refractivity contribution in [3.8, 4) is 0 Å². The Morgan fingerprint density at radius 2 is 1.60 bits per heavy atom. The van der Waals surface area contributed by atoms with Gasteiger partial charge in [-0.05, 0) is 37.1 Å². The van der Waals surface area contributed by atoms with E-state index in [1.165, 1.54) is 6.42 Å². The molecular weight excluding hydrogens is 276 g/mol. The topological polar surface area (TPSA) is 75.3 Å². The number of nitrogens with one attached hydrogen (secondary N) is 2. The minimum Gasteiger partial charge on any atom is -0.326 e. The molecule has 5 nitrogen and oxygen atoms in total. The van der Waals surface area contributed by atoms with Gasteiger partial charge in [0.1, 0.15) is 0 Å². The zero-order valence-corrected chi connectivity index (χ0v) is 12.4. The Kier molecular flexibility index (Phi) is 4.65. The summed E-state index contributed by atoms with van der Waals surface area (Å²) in [6.45, 7) is 0. The van der Waals surface area contributed by atoms with Crippen LogP contribution in [0.4, 0.5) is 11.4 Å². The van der Waals surface area contributed by atoms with Crippen molar-refractivity contribution in [1.29, 1.82) is 0 Å². The maximum absolute atomic E-state index is 12.1. The number of rotatable bonds is 4. The van der Waals surface area contributed by atoms with E-state index in [0.717, 1.165) is 31.9 Å². The van der Waals surface area contributed by atoms with Crippen molar-refractivity contribution < 1.29 is 13.2 Å².